The Hall–Kier alpha value is -1.30. The number of piperazine rings is 1. The van der Waals surface area contributed by atoms with Gasteiger partial charge in [0.2, 0.25) is 0 Å². The van der Waals surface area contributed by atoms with Gasteiger partial charge in [0.05, 0.1) is 5.92 Å². The first kappa shape index (κ1) is 13.7. The Morgan fingerprint density at radius 1 is 0.800 bits per heavy atom. The Morgan fingerprint density at radius 3 is 1.85 bits per heavy atom. The number of likely N-dealkylation sites (tertiary alicyclic amines) is 1. The molecule has 0 spiro atoms. The van der Waals surface area contributed by atoms with Crippen LogP contribution in [0.4, 0.5) is 4.79 Å². The summed E-state index contributed by atoms with van der Waals surface area (Å²) >= 11 is 0. The molecule has 112 valence electrons. The predicted molar refractivity (Wildman–Crippen MR) is 73.5 cm³/mol. The summed E-state index contributed by atoms with van der Waals surface area (Å²) in [6, 6.07) is 0.878. The standard InChI is InChI=1S/C14H23N3O3/c18-13(19)11-3-5-16(6-4-11)14(20)17-9-7-15(8-10-17)12-1-2-12/h11-12H,1-10H2,(H,18,19). The minimum atomic E-state index is -0.727. The molecule has 0 bridgehead atoms. The van der Waals surface area contributed by atoms with Crippen molar-refractivity contribution in [2.45, 2.75) is 31.7 Å². The molecule has 6 nitrogen and oxygen atoms in total. The molecule has 0 radical (unpaired) electrons. The number of amides is 2. The second-order valence-electron chi connectivity index (χ2n) is 6.14. The van der Waals surface area contributed by atoms with Gasteiger partial charge in [-0.15, -0.1) is 0 Å². The van der Waals surface area contributed by atoms with E-state index in [9.17, 15) is 9.59 Å². The number of rotatable bonds is 2. The number of urea groups is 1. The monoisotopic (exact) mass is 281 g/mol. The van der Waals surface area contributed by atoms with E-state index in [4.69, 9.17) is 5.11 Å². The van der Waals surface area contributed by atoms with Crippen LogP contribution in [0.5, 0.6) is 0 Å². The molecule has 0 aromatic rings. The number of piperidine rings is 1. The zero-order valence-corrected chi connectivity index (χ0v) is 11.8. The van der Waals surface area contributed by atoms with Gasteiger partial charge in [0.25, 0.3) is 0 Å². The Kier molecular flexibility index (Phi) is 3.83. The Balaban J connectivity index is 1.46. The fraction of sp³-hybridized carbons (Fsp3) is 0.857. The molecular formula is C14H23N3O3. The van der Waals surface area contributed by atoms with Crippen molar-refractivity contribution in [3.05, 3.63) is 0 Å². The van der Waals surface area contributed by atoms with Gasteiger partial charge >= 0.3 is 12.0 Å². The molecule has 3 fully saturated rings. The predicted octanol–water partition coefficient (Wildman–Crippen LogP) is 0.683. The molecule has 6 heteroatoms. The second kappa shape index (κ2) is 5.60. The number of carboxylic acid groups (broad SMARTS) is 1. The quantitative estimate of drug-likeness (QED) is 0.808. The number of carbonyl (C=O) groups is 2. The van der Waals surface area contributed by atoms with Gasteiger partial charge in [0, 0.05) is 45.3 Å². The number of hydrogen-bond donors (Lipinski definition) is 1. The van der Waals surface area contributed by atoms with E-state index in [0.717, 1.165) is 32.2 Å². The topological polar surface area (TPSA) is 64.1 Å². The first-order valence-electron chi connectivity index (χ1n) is 7.66. The first-order valence-corrected chi connectivity index (χ1v) is 7.66. The molecular weight excluding hydrogens is 258 g/mol. The molecule has 20 heavy (non-hydrogen) atoms. The lowest BCUT2D eigenvalue weighted by Gasteiger charge is -2.39. The maximum absolute atomic E-state index is 12.4. The lowest BCUT2D eigenvalue weighted by molar-refractivity contribution is -0.143. The highest BCUT2D eigenvalue weighted by Crippen LogP contribution is 2.27. The number of carbonyl (C=O) groups excluding carboxylic acids is 1. The molecule has 3 aliphatic rings. The highest BCUT2D eigenvalue weighted by Gasteiger charge is 2.34. The van der Waals surface area contributed by atoms with E-state index in [-0.39, 0.29) is 11.9 Å². The second-order valence-corrected chi connectivity index (χ2v) is 6.14. The summed E-state index contributed by atoms with van der Waals surface area (Å²) in [5.41, 5.74) is 0. The maximum Gasteiger partial charge on any atom is 0.320 e. The molecule has 1 saturated carbocycles. The van der Waals surface area contributed by atoms with E-state index < -0.39 is 5.97 Å². The third-order valence-electron chi connectivity index (χ3n) is 4.76. The van der Waals surface area contributed by atoms with Crippen molar-refractivity contribution in [3.8, 4) is 0 Å². The number of carboxylic acids is 1. The summed E-state index contributed by atoms with van der Waals surface area (Å²) in [4.78, 5) is 29.6. The zero-order valence-electron chi connectivity index (χ0n) is 11.8. The number of hydrogen-bond acceptors (Lipinski definition) is 3. The average molecular weight is 281 g/mol. The van der Waals surface area contributed by atoms with Gasteiger partial charge in [0.1, 0.15) is 0 Å². The molecule has 0 aromatic heterocycles. The van der Waals surface area contributed by atoms with Crippen molar-refractivity contribution in [2.24, 2.45) is 5.92 Å². The van der Waals surface area contributed by atoms with Crippen molar-refractivity contribution in [2.75, 3.05) is 39.3 Å². The van der Waals surface area contributed by atoms with Gasteiger partial charge in [-0.2, -0.15) is 0 Å². The van der Waals surface area contributed by atoms with Crippen LogP contribution in [-0.2, 0) is 4.79 Å². The summed E-state index contributed by atoms with van der Waals surface area (Å²) in [5.74, 6) is -0.999. The molecule has 2 heterocycles. The highest BCUT2D eigenvalue weighted by atomic mass is 16.4. The van der Waals surface area contributed by atoms with Gasteiger partial charge in [-0.05, 0) is 25.7 Å². The summed E-state index contributed by atoms with van der Waals surface area (Å²) in [6.07, 6.45) is 3.81. The number of nitrogens with zero attached hydrogens (tertiary/aromatic N) is 3. The highest BCUT2D eigenvalue weighted by molar-refractivity contribution is 5.75. The Bertz CT molecular complexity index is 381. The fourth-order valence-corrected chi connectivity index (χ4v) is 3.24. The van der Waals surface area contributed by atoms with Crippen LogP contribution in [0.25, 0.3) is 0 Å². The van der Waals surface area contributed by atoms with E-state index in [2.05, 4.69) is 4.90 Å². The Labute approximate surface area is 119 Å². The largest absolute Gasteiger partial charge is 0.481 e. The molecule has 0 aromatic carbocycles. The van der Waals surface area contributed by atoms with Crippen molar-refractivity contribution in [1.29, 1.82) is 0 Å². The van der Waals surface area contributed by atoms with Crippen LogP contribution in [0.1, 0.15) is 25.7 Å². The van der Waals surface area contributed by atoms with Crippen molar-refractivity contribution in [1.82, 2.24) is 14.7 Å². The van der Waals surface area contributed by atoms with E-state index >= 15 is 0 Å². The van der Waals surface area contributed by atoms with Crippen LogP contribution in [0, 0.1) is 5.92 Å². The summed E-state index contributed by atoms with van der Waals surface area (Å²) in [7, 11) is 0. The summed E-state index contributed by atoms with van der Waals surface area (Å²) in [5, 5.41) is 8.98. The molecule has 2 aliphatic heterocycles. The lowest BCUT2D eigenvalue weighted by atomic mass is 9.97. The maximum atomic E-state index is 12.4. The molecule has 1 aliphatic carbocycles. The van der Waals surface area contributed by atoms with Crippen LogP contribution in [-0.4, -0.2) is 77.1 Å². The van der Waals surface area contributed by atoms with Crippen LogP contribution in [0.15, 0.2) is 0 Å². The van der Waals surface area contributed by atoms with Gasteiger partial charge in [-0.3, -0.25) is 9.69 Å². The van der Waals surface area contributed by atoms with Crippen molar-refractivity contribution in [3.63, 3.8) is 0 Å². The van der Waals surface area contributed by atoms with E-state index in [1.807, 2.05) is 9.80 Å². The average Bonchev–Trinajstić information content (AvgIpc) is 3.31. The lowest BCUT2D eigenvalue weighted by Crippen LogP contribution is -2.54. The van der Waals surface area contributed by atoms with Crippen LogP contribution in [0.3, 0.4) is 0 Å². The van der Waals surface area contributed by atoms with Crippen molar-refractivity contribution >= 4 is 12.0 Å². The third kappa shape index (κ3) is 2.90. The van der Waals surface area contributed by atoms with Gasteiger partial charge in [-0.1, -0.05) is 0 Å². The fourth-order valence-electron chi connectivity index (χ4n) is 3.24. The normalized spacial score (nSPS) is 25.8. The van der Waals surface area contributed by atoms with Crippen molar-refractivity contribution < 1.29 is 14.7 Å². The minimum Gasteiger partial charge on any atom is -0.481 e. The van der Waals surface area contributed by atoms with Crippen LogP contribution < -0.4 is 0 Å². The molecule has 0 atom stereocenters. The molecule has 3 rings (SSSR count). The van der Waals surface area contributed by atoms with Gasteiger partial charge in [0.15, 0.2) is 0 Å². The summed E-state index contributed by atoms with van der Waals surface area (Å²) in [6.45, 7) is 4.77. The number of aliphatic carboxylic acids is 1. The Morgan fingerprint density at radius 2 is 1.35 bits per heavy atom. The summed E-state index contributed by atoms with van der Waals surface area (Å²) < 4.78 is 0. The molecule has 1 N–H and O–H groups in total. The van der Waals surface area contributed by atoms with E-state index in [0.29, 0.717) is 25.9 Å². The van der Waals surface area contributed by atoms with Crippen LogP contribution in [0.2, 0.25) is 0 Å². The molecule has 2 amide bonds. The first-order chi connectivity index (χ1) is 9.65. The molecule has 2 saturated heterocycles. The minimum absolute atomic E-state index is 0.101. The van der Waals surface area contributed by atoms with Gasteiger partial charge in [-0.25, -0.2) is 4.79 Å². The smallest absolute Gasteiger partial charge is 0.320 e. The van der Waals surface area contributed by atoms with Crippen LogP contribution >= 0.6 is 0 Å². The zero-order chi connectivity index (χ0) is 14.1. The van der Waals surface area contributed by atoms with Gasteiger partial charge < -0.3 is 14.9 Å². The van der Waals surface area contributed by atoms with E-state index in [1.54, 1.807) is 0 Å². The third-order valence-corrected chi connectivity index (χ3v) is 4.76. The molecule has 0 unspecified atom stereocenters. The SMILES string of the molecule is O=C(O)C1CCN(C(=O)N2CCN(C3CC3)CC2)CC1. The van der Waals surface area contributed by atoms with E-state index in [1.165, 1.54) is 12.8 Å².